The van der Waals surface area contributed by atoms with Crippen molar-refractivity contribution in [3.8, 4) is 0 Å². The van der Waals surface area contributed by atoms with Crippen LogP contribution in [0.25, 0.3) is 0 Å². The zero-order chi connectivity index (χ0) is 12.8. The molecule has 0 fully saturated rings. The Morgan fingerprint density at radius 2 is 2.22 bits per heavy atom. The van der Waals surface area contributed by atoms with Crippen molar-refractivity contribution in [3.05, 3.63) is 21.4 Å². The molecule has 0 unspecified atom stereocenters. The summed E-state index contributed by atoms with van der Waals surface area (Å²) >= 11 is 4.08. The van der Waals surface area contributed by atoms with Gasteiger partial charge in [0, 0.05) is 28.1 Å². The van der Waals surface area contributed by atoms with Crippen molar-refractivity contribution in [2.75, 3.05) is 18.8 Å². The van der Waals surface area contributed by atoms with Gasteiger partial charge in [0.25, 0.3) is 0 Å². The normalized spacial score (nSPS) is 15.1. The minimum atomic E-state index is 0.603. The van der Waals surface area contributed by atoms with Crippen LogP contribution < -0.4 is 10.6 Å². The lowest BCUT2D eigenvalue weighted by Crippen LogP contribution is -2.26. The van der Waals surface area contributed by atoms with Gasteiger partial charge in [-0.15, -0.1) is 11.3 Å². The summed E-state index contributed by atoms with van der Waals surface area (Å²) < 4.78 is 0. The summed E-state index contributed by atoms with van der Waals surface area (Å²) in [5.41, 5.74) is 1.59. The third-order valence-corrected chi connectivity index (χ3v) is 5.31. The molecule has 102 valence electrons. The molecular weight excluding hydrogens is 260 g/mol. The third kappa shape index (κ3) is 4.57. The molecule has 2 N–H and O–H groups in total. The minimum absolute atomic E-state index is 0.603. The fourth-order valence-electron chi connectivity index (χ4n) is 2.11. The predicted octanol–water partition coefficient (Wildman–Crippen LogP) is 3.02. The van der Waals surface area contributed by atoms with E-state index in [-0.39, 0.29) is 0 Å². The Bertz CT molecular complexity index is 337. The van der Waals surface area contributed by atoms with Crippen molar-refractivity contribution >= 4 is 23.1 Å². The van der Waals surface area contributed by atoms with Crippen LogP contribution in [0.3, 0.4) is 0 Å². The van der Waals surface area contributed by atoms with Crippen LogP contribution in [0.15, 0.2) is 6.07 Å². The number of nitrogens with one attached hydrogen (secondary N) is 2. The molecule has 0 aliphatic carbocycles. The van der Waals surface area contributed by atoms with Gasteiger partial charge in [-0.2, -0.15) is 11.8 Å². The van der Waals surface area contributed by atoms with Gasteiger partial charge in [-0.05, 0) is 43.3 Å². The Morgan fingerprint density at radius 3 is 3.00 bits per heavy atom. The summed E-state index contributed by atoms with van der Waals surface area (Å²) in [7, 11) is 0. The molecule has 0 bridgehead atoms. The highest BCUT2D eigenvalue weighted by atomic mass is 32.2. The van der Waals surface area contributed by atoms with Crippen LogP contribution in [0.5, 0.6) is 0 Å². The molecule has 2 heterocycles. The van der Waals surface area contributed by atoms with Crippen molar-refractivity contribution in [1.82, 2.24) is 10.6 Å². The summed E-state index contributed by atoms with van der Waals surface area (Å²) in [6.45, 7) is 7.66. The van der Waals surface area contributed by atoms with Crippen LogP contribution >= 0.6 is 23.1 Å². The molecule has 0 saturated heterocycles. The molecule has 1 aliphatic rings. The number of aryl methyl sites for hydroxylation is 1. The molecule has 0 aromatic carbocycles. The summed E-state index contributed by atoms with van der Waals surface area (Å²) in [5.74, 6) is 2.53. The fraction of sp³-hybridized carbons (Fsp3) is 0.714. The maximum Gasteiger partial charge on any atom is 0.0299 e. The molecule has 0 spiro atoms. The van der Waals surface area contributed by atoms with Crippen molar-refractivity contribution in [1.29, 1.82) is 0 Å². The number of fused-ring (bicyclic) bond motifs is 1. The van der Waals surface area contributed by atoms with Gasteiger partial charge in [-0.25, -0.2) is 0 Å². The molecule has 1 aliphatic heterocycles. The zero-order valence-corrected chi connectivity index (χ0v) is 13.1. The van der Waals surface area contributed by atoms with E-state index in [1.165, 1.54) is 29.2 Å². The summed E-state index contributed by atoms with van der Waals surface area (Å²) in [5, 5.41) is 6.99. The van der Waals surface area contributed by atoms with E-state index < -0.39 is 0 Å². The lowest BCUT2D eigenvalue weighted by atomic mass is 10.2. The second-order valence-electron chi connectivity index (χ2n) is 5.10. The van der Waals surface area contributed by atoms with Crippen LogP contribution in [0.4, 0.5) is 0 Å². The van der Waals surface area contributed by atoms with E-state index in [1.807, 2.05) is 11.3 Å². The summed E-state index contributed by atoms with van der Waals surface area (Å²) in [6, 6.07) is 3.01. The lowest BCUT2D eigenvalue weighted by molar-refractivity contribution is 0.548. The Balaban J connectivity index is 1.63. The highest BCUT2D eigenvalue weighted by molar-refractivity contribution is 7.98. The first-order valence-corrected chi connectivity index (χ1v) is 8.85. The van der Waals surface area contributed by atoms with Gasteiger partial charge in [0.1, 0.15) is 0 Å². The standard InChI is InChI=1S/C14H24N2S2/c1-11(2)16-6-3-5-15-9-13-8-12-10-17-7-4-14(12)18-13/h8,11,15-16H,3-7,9-10H2,1-2H3. The van der Waals surface area contributed by atoms with E-state index in [0.29, 0.717) is 6.04 Å². The van der Waals surface area contributed by atoms with E-state index in [9.17, 15) is 0 Å². The minimum Gasteiger partial charge on any atom is -0.314 e. The quantitative estimate of drug-likeness (QED) is 0.753. The number of hydrogen-bond acceptors (Lipinski definition) is 4. The number of thioether (sulfide) groups is 1. The van der Waals surface area contributed by atoms with Crippen LogP contribution in [-0.2, 0) is 18.7 Å². The van der Waals surface area contributed by atoms with E-state index in [0.717, 1.165) is 19.6 Å². The third-order valence-electron chi connectivity index (χ3n) is 3.06. The van der Waals surface area contributed by atoms with Gasteiger partial charge in [-0.1, -0.05) is 13.8 Å². The first kappa shape index (κ1) is 14.4. The number of hydrogen-bond donors (Lipinski definition) is 2. The van der Waals surface area contributed by atoms with Gasteiger partial charge in [-0.3, -0.25) is 0 Å². The van der Waals surface area contributed by atoms with Gasteiger partial charge < -0.3 is 10.6 Å². The van der Waals surface area contributed by atoms with Gasteiger partial charge in [0.05, 0.1) is 0 Å². The maximum absolute atomic E-state index is 3.55. The first-order chi connectivity index (χ1) is 8.75. The summed E-state index contributed by atoms with van der Waals surface area (Å²) in [6.07, 6.45) is 2.49. The fourth-order valence-corrected chi connectivity index (χ4v) is 4.46. The molecule has 18 heavy (non-hydrogen) atoms. The van der Waals surface area contributed by atoms with Crippen molar-refractivity contribution in [2.45, 2.75) is 45.0 Å². The van der Waals surface area contributed by atoms with Crippen LogP contribution in [0, 0.1) is 0 Å². The second kappa shape index (κ2) is 7.53. The Kier molecular flexibility index (Phi) is 6.02. The average Bonchev–Trinajstić information content (AvgIpc) is 2.75. The molecule has 0 saturated carbocycles. The first-order valence-electron chi connectivity index (χ1n) is 6.88. The predicted molar refractivity (Wildman–Crippen MR) is 83.6 cm³/mol. The van der Waals surface area contributed by atoms with Gasteiger partial charge in [0.15, 0.2) is 0 Å². The van der Waals surface area contributed by atoms with Crippen molar-refractivity contribution in [2.24, 2.45) is 0 Å². The molecule has 1 aromatic rings. The smallest absolute Gasteiger partial charge is 0.0299 e. The van der Waals surface area contributed by atoms with E-state index in [1.54, 1.807) is 10.4 Å². The molecule has 0 radical (unpaired) electrons. The SMILES string of the molecule is CC(C)NCCCNCc1cc2c(s1)CCSC2. The maximum atomic E-state index is 3.55. The number of rotatable bonds is 7. The van der Waals surface area contributed by atoms with Gasteiger partial charge >= 0.3 is 0 Å². The van der Waals surface area contributed by atoms with E-state index >= 15 is 0 Å². The molecule has 0 amide bonds. The molecule has 2 rings (SSSR count). The molecule has 1 aromatic heterocycles. The highest BCUT2D eigenvalue weighted by Gasteiger charge is 2.12. The van der Waals surface area contributed by atoms with Crippen molar-refractivity contribution < 1.29 is 0 Å². The van der Waals surface area contributed by atoms with Crippen LogP contribution in [0.1, 0.15) is 35.6 Å². The Morgan fingerprint density at radius 1 is 1.33 bits per heavy atom. The topological polar surface area (TPSA) is 24.1 Å². The second-order valence-corrected chi connectivity index (χ2v) is 7.43. The van der Waals surface area contributed by atoms with Gasteiger partial charge in [0.2, 0.25) is 0 Å². The van der Waals surface area contributed by atoms with E-state index in [4.69, 9.17) is 0 Å². The Hall–Kier alpha value is -0.0300. The molecule has 0 atom stereocenters. The monoisotopic (exact) mass is 284 g/mol. The van der Waals surface area contributed by atoms with Crippen LogP contribution in [0.2, 0.25) is 0 Å². The van der Waals surface area contributed by atoms with Crippen molar-refractivity contribution in [3.63, 3.8) is 0 Å². The average molecular weight is 284 g/mol. The molecule has 2 nitrogen and oxygen atoms in total. The summed E-state index contributed by atoms with van der Waals surface area (Å²) in [4.78, 5) is 3.14. The lowest BCUT2D eigenvalue weighted by Gasteiger charge is -2.08. The molecule has 4 heteroatoms. The van der Waals surface area contributed by atoms with E-state index in [2.05, 4.69) is 42.3 Å². The molecular formula is C14H24N2S2. The van der Waals surface area contributed by atoms with Crippen LogP contribution in [-0.4, -0.2) is 24.9 Å². The largest absolute Gasteiger partial charge is 0.314 e. The zero-order valence-electron chi connectivity index (χ0n) is 11.4. The highest BCUT2D eigenvalue weighted by Crippen LogP contribution is 2.31. The Labute approximate surface area is 119 Å². The number of thiophene rings is 1.